The first kappa shape index (κ1) is 17.4. The predicted molar refractivity (Wildman–Crippen MR) is 104 cm³/mol. The molecule has 1 aliphatic heterocycles. The van der Waals surface area contributed by atoms with Gasteiger partial charge in [-0.05, 0) is 43.2 Å². The zero-order valence-electron chi connectivity index (χ0n) is 13.9. The monoisotopic (exact) mass is 433 g/mol. The molecule has 0 saturated carbocycles. The van der Waals surface area contributed by atoms with Crippen LogP contribution in [-0.2, 0) is 4.79 Å². The number of halogens is 2. The number of nitrogens with one attached hydrogen (secondary N) is 1. The maximum absolute atomic E-state index is 12.7. The van der Waals surface area contributed by atoms with Crippen LogP contribution in [0.2, 0.25) is 5.02 Å². The Hall–Kier alpha value is -2.05. The summed E-state index contributed by atoms with van der Waals surface area (Å²) in [5, 5.41) is 0.474. The van der Waals surface area contributed by atoms with Crippen LogP contribution in [0.4, 0.5) is 0 Å². The number of carbonyl (C=O) groups excluding carboxylic acids is 1. The average Bonchev–Trinajstić information content (AvgIpc) is 3.27. The Morgan fingerprint density at radius 3 is 3.00 bits per heavy atom. The maximum atomic E-state index is 12.7. The lowest BCUT2D eigenvalue weighted by molar-refractivity contribution is -0.134. The van der Waals surface area contributed by atoms with Crippen molar-refractivity contribution in [2.24, 2.45) is 0 Å². The third-order valence-electron chi connectivity index (χ3n) is 4.54. The van der Waals surface area contributed by atoms with Gasteiger partial charge in [-0.15, -0.1) is 0 Å². The normalized spacial score (nSPS) is 17.0. The molecule has 2 aromatic carbocycles. The van der Waals surface area contributed by atoms with Crippen molar-refractivity contribution in [2.75, 3.05) is 13.2 Å². The molecule has 1 atom stereocenters. The molecular weight excluding hydrogens is 418 g/mol. The standard InChI is InChI=1S/C19H17BrClN3O2/c20-12-7-8-17(13(21)10-12)26-11-18(25)24-9-3-6-16(24)19-22-14-4-1-2-5-15(14)23-19/h1-2,4-5,7-8,10,16H,3,6,9,11H2,(H,22,23)/t16-/m0/s1. The molecule has 1 saturated heterocycles. The Bertz CT molecular complexity index is 926. The highest BCUT2D eigenvalue weighted by atomic mass is 79.9. The molecule has 134 valence electrons. The lowest BCUT2D eigenvalue weighted by Crippen LogP contribution is -2.34. The minimum absolute atomic E-state index is 0.0427. The van der Waals surface area contributed by atoms with E-state index in [2.05, 4.69) is 25.9 Å². The topological polar surface area (TPSA) is 58.2 Å². The number of rotatable bonds is 4. The second kappa shape index (κ2) is 7.29. The summed E-state index contributed by atoms with van der Waals surface area (Å²) in [6.07, 6.45) is 1.84. The van der Waals surface area contributed by atoms with Gasteiger partial charge in [0.15, 0.2) is 6.61 Å². The van der Waals surface area contributed by atoms with Crippen molar-refractivity contribution >= 4 is 44.5 Å². The van der Waals surface area contributed by atoms with E-state index >= 15 is 0 Å². The molecule has 5 nitrogen and oxygen atoms in total. The van der Waals surface area contributed by atoms with Crippen molar-refractivity contribution in [2.45, 2.75) is 18.9 Å². The highest BCUT2D eigenvalue weighted by Gasteiger charge is 2.32. The van der Waals surface area contributed by atoms with Crippen molar-refractivity contribution in [3.05, 3.63) is 57.8 Å². The Morgan fingerprint density at radius 1 is 1.35 bits per heavy atom. The first-order valence-corrected chi connectivity index (χ1v) is 9.61. The lowest BCUT2D eigenvalue weighted by atomic mass is 10.2. The smallest absolute Gasteiger partial charge is 0.261 e. The summed E-state index contributed by atoms with van der Waals surface area (Å²) < 4.78 is 6.50. The number of ether oxygens (including phenoxy) is 1. The SMILES string of the molecule is O=C(COc1ccc(Br)cc1Cl)N1CCC[C@H]1c1nc2ccccc2[nH]1. The first-order chi connectivity index (χ1) is 12.6. The number of H-pyrrole nitrogens is 1. The van der Waals surface area contributed by atoms with Gasteiger partial charge in [0.25, 0.3) is 5.91 Å². The number of carbonyl (C=O) groups is 1. The van der Waals surface area contributed by atoms with Crippen LogP contribution in [0.15, 0.2) is 46.9 Å². The van der Waals surface area contributed by atoms with E-state index < -0.39 is 0 Å². The van der Waals surface area contributed by atoms with Gasteiger partial charge < -0.3 is 14.6 Å². The summed E-state index contributed by atoms with van der Waals surface area (Å²) in [5.74, 6) is 1.27. The molecule has 0 aliphatic carbocycles. The summed E-state index contributed by atoms with van der Waals surface area (Å²) in [5.41, 5.74) is 1.90. The molecule has 0 bridgehead atoms. The molecule has 26 heavy (non-hydrogen) atoms. The number of amides is 1. The van der Waals surface area contributed by atoms with Crippen LogP contribution in [0.1, 0.15) is 24.7 Å². The summed E-state index contributed by atoms with van der Waals surface area (Å²) in [4.78, 5) is 22.5. The number of aromatic nitrogens is 2. The van der Waals surface area contributed by atoms with Gasteiger partial charge in [-0.3, -0.25) is 4.79 Å². The minimum Gasteiger partial charge on any atom is -0.482 e. The molecule has 4 rings (SSSR count). The van der Waals surface area contributed by atoms with Gasteiger partial charge in [-0.25, -0.2) is 4.98 Å². The summed E-state index contributed by atoms with van der Waals surface area (Å²) in [7, 11) is 0. The van der Waals surface area contributed by atoms with Crippen LogP contribution in [-0.4, -0.2) is 33.9 Å². The molecule has 0 spiro atoms. The quantitative estimate of drug-likeness (QED) is 0.646. The molecule has 0 radical (unpaired) electrons. The van der Waals surface area contributed by atoms with Crippen molar-refractivity contribution in [3.63, 3.8) is 0 Å². The van der Waals surface area contributed by atoms with E-state index in [9.17, 15) is 4.79 Å². The lowest BCUT2D eigenvalue weighted by Gasteiger charge is -2.23. The van der Waals surface area contributed by atoms with E-state index in [1.54, 1.807) is 12.1 Å². The molecule has 1 amide bonds. The van der Waals surface area contributed by atoms with Crippen LogP contribution in [0.25, 0.3) is 11.0 Å². The Kier molecular flexibility index (Phi) is 4.87. The van der Waals surface area contributed by atoms with Crippen LogP contribution in [0.3, 0.4) is 0 Å². The van der Waals surface area contributed by atoms with Gasteiger partial charge in [0.2, 0.25) is 0 Å². The van der Waals surface area contributed by atoms with Gasteiger partial charge in [-0.1, -0.05) is 39.7 Å². The van der Waals surface area contributed by atoms with Gasteiger partial charge in [0, 0.05) is 11.0 Å². The van der Waals surface area contributed by atoms with Crippen molar-refractivity contribution in [1.29, 1.82) is 0 Å². The fraction of sp³-hybridized carbons (Fsp3) is 0.263. The van der Waals surface area contributed by atoms with E-state index in [0.717, 1.165) is 34.2 Å². The number of nitrogens with zero attached hydrogens (tertiary/aromatic N) is 2. The zero-order valence-corrected chi connectivity index (χ0v) is 16.3. The minimum atomic E-state index is -0.0630. The summed E-state index contributed by atoms with van der Waals surface area (Å²) in [6.45, 7) is 0.663. The van der Waals surface area contributed by atoms with Crippen molar-refractivity contribution in [1.82, 2.24) is 14.9 Å². The molecule has 3 aromatic rings. The number of aromatic amines is 1. The molecule has 0 unspecified atom stereocenters. The van der Waals surface area contributed by atoms with Crippen molar-refractivity contribution in [3.8, 4) is 5.75 Å². The Morgan fingerprint density at radius 2 is 2.19 bits per heavy atom. The van der Waals surface area contributed by atoms with Crippen molar-refractivity contribution < 1.29 is 9.53 Å². The molecule has 1 aromatic heterocycles. The van der Waals surface area contributed by atoms with Crippen LogP contribution in [0.5, 0.6) is 5.75 Å². The molecule has 2 heterocycles. The number of fused-ring (bicyclic) bond motifs is 1. The van der Waals surface area contributed by atoms with Gasteiger partial charge in [-0.2, -0.15) is 0 Å². The Balaban J connectivity index is 1.48. The second-order valence-corrected chi connectivity index (χ2v) is 7.57. The Labute approximate surface area is 164 Å². The number of hydrogen-bond donors (Lipinski definition) is 1. The van der Waals surface area contributed by atoms with Crippen LogP contribution < -0.4 is 4.74 Å². The second-order valence-electron chi connectivity index (χ2n) is 6.25. The van der Waals surface area contributed by atoms with E-state index in [4.69, 9.17) is 16.3 Å². The van der Waals surface area contributed by atoms with Gasteiger partial charge in [0.1, 0.15) is 11.6 Å². The summed E-state index contributed by atoms with van der Waals surface area (Å²) >= 11 is 9.50. The molecule has 1 N–H and O–H groups in total. The number of hydrogen-bond acceptors (Lipinski definition) is 3. The summed E-state index contributed by atoms with van der Waals surface area (Å²) in [6, 6.07) is 13.2. The predicted octanol–water partition coefficient (Wildman–Crippen LogP) is 4.72. The van der Waals surface area contributed by atoms with Gasteiger partial charge in [0.05, 0.1) is 22.1 Å². The average molecular weight is 435 g/mol. The molecule has 1 aliphatic rings. The molecule has 1 fully saturated rings. The van der Waals surface area contributed by atoms with Gasteiger partial charge >= 0.3 is 0 Å². The molecule has 7 heteroatoms. The zero-order chi connectivity index (χ0) is 18.1. The number of imidazole rings is 1. The first-order valence-electron chi connectivity index (χ1n) is 8.44. The highest BCUT2D eigenvalue weighted by molar-refractivity contribution is 9.10. The third kappa shape index (κ3) is 3.44. The number of likely N-dealkylation sites (tertiary alicyclic amines) is 1. The third-order valence-corrected chi connectivity index (χ3v) is 5.33. The van der Waals surface area contributed by atoms with E-state index in [-0.39, 0.29) is 18.6 Å². The van der Waals surface area contributed by atoms with Crippen LogP contribution in [0, 0.1) is 0 Å². The number of benzene rings is 2. The highest BCUT2D eigenvalue weighted by Crippen LogP contribution is 2.32. The van der Waals surface area contributed by atoms with Crippen LogP contribution >= 0.6 is 27.5 Å². The van der Waals surface area contributed by atoms with E-state index in [0.29, 0.717) is 17.3 Å². The maximum Gasteiger partial charge on any atom is 0.261 e. The largest absolute Gasteiger partial charge is 0.482 e. The number of para-hydroxylation sites is 2. The molecular formula is C19H17BrClN3O2. The van der Waals surface area contributed by atoms with E-state index in [1.165, 1.54) is 0 Å². The fourth-order valence-electron chi connectivity index (χ4n) is 3.29. The fourth-order valence-corrected chi connectivity index (χ4v) is 4.02. The van der Waals surface area contributed by atoms with E-state index in [1.807, 2.05) is 35.2 Å².